The van der Waals surface area contributed by atoms with Crippen LogP contribution in [0.5, 0.6) is 0 Å². The summed E-state index contributed by atoms with van der Waals surface area (Å²) >= 11 is 0. The van der Waals surface area contributed by atoms with Crippen LogP contribution >= 0.6 is 0 Å². The van der Waals surface area contributed by atoms with Gasteiger partial charge in [-0.15, -0.1) is 0 Å². The number of nitrogens with zero attached hydrogens (tertiary/aromatic N) is 2. The van der Waals surface area contributed by atoms with E-state index in [-0.39, 0.29) is 5.92 Å². The van der Waals surface area contributed by atoms with Gasteiger partial charge in [0.1, 0.15) is 0 Å². The Bertz CT molecular complexity index is 467. The number of hydrogen-bond acceptors (Lipinski definition) is 2. The number of likely N-dealkylation sites (tertiary alicyclic amines) is 2. The number of amides is 1. The maximum Gasteiger partial charge on any atom is 0.227 e. The van der Waals surface area contributed by atoms with Gasteiger partial charge >= 0.3 is 0 Å². The zero-order chi connectivity index (χ0) is 14.7. The summed E-state index contributed by atoms with van der Waals surface area (Å²) in [6, 6.07) is 11.0. The fourth-order valence-corrected chi connectivity index (χ4v) is 3.66. The Morgan fingerprint density at radius 3 is 2.52 bits per heavy atom. The molecule has 1 amide bonds. The number of benzene rings is 1. The van der Waals surface area contributed by atoms with Crippen molar-refractivity contribution in [3.05, 3.63) is 35.9 Å². The van der Waals surface area contributed by atoms with Gasteiger partial charge < -0.3 is 4.90 Å². The summed E-state index contributed by atoms with van der Waals surface area (Å²) in [5.74, 6) is 0.617. The van der Waals surface area contributed by atoms with E-state index >= 15 is 0 Å². The van der Waals surface area contributed by atoms with E-state index in [1.165, 1.54) is 24.8 Å². The minimum atomic E-state index is 0.217. The SMILES string of the molecule is CC(c1ccccc1)N1CCC(C(=O)N2CCCCC2)C1. The lowest BCUT2D eigenvalue weighted by Crippen LogP contribution is -2.40. The zero-order valence-electron chi connectivity index (χ0n) is 13.0. The van der Waals surface area contributed by atoms with Crippen molar-refractivity contribution in [2.45, 2.75) is 38.6 Å². The molecule has 114 valence electrons. The first-order valence-corrected chi connectivity index (χ1v) is 8.33. The summed E-state index contributed by atoms with van der Waals surface area (Å²) in [6.45, 7) is 6.17. The molecule has 2 fully saturated rings. The van der Waals surface area contributed by atoms with Crippen molar-refractivity contribution in [3.8, 4) is 0 Å². The summed E-state index contributed by atoms with van der Waals surface area (Å²) in [5, 5.41) is 0. The highest BCUT2D eigenvalue weighted by Gasteiger charge is 2.33. The van der Waals surface area contributed by atoms with Crippen LogP contribution in [0.3, 0.4) is 0 Å². The molecule has 0 spiro atoms. The topological polar surface area (TPSA) is 23.6 Å². The van der Waals surface area contributed by atoms with Crippen molar-refractivity contribution in [1.82, 2.24) is 9.80 Å². The monoisotopic (exact) mass is 286 g/mol. The molecule has 3 rings (SSSR count). The van der Waals surface area contributed by atoms with Crippen molar-refractivity contribution < 1.29 is 4.79 Å². The predicted molar refractivity (Wildman–Crippen MR) is 85.0 cm³/mol. The molecule has 0 radical (unpaired) electrons. The minimum absolute atomic E-state index is 0.217. The van der Waals surface area contributed by atoms with Gasteiger partial charge in [0.25, 0.3) is 0 Å². The van der Waals surface area contributed by atoms with Gasteiger partial charge in [0.2, 0.25) is 5.91 Å². The molecular weight excluding hydrogens is 260 g/mol. The second-order valence-corrected chi connectivity index (χ2v) is 6.45. The zero-order valence-corrected chi connectivity index (χ0v) is 13.0. The van der Waals surface area contributed by atoms with Crippen LogP contribution in [-0.4, -0.2) is 41.9 Å². The maximum atomic E-state index is 12.6. The Labute approximate surface area is 127 Å². The molecule has 0 bridgehead atoms. The predicted octanol–water partition coefficient (Wildman–Crippen LogP) is 3.08. The molecule has 2 heterocycles. The molecular formula is C18H26N2O. The molecule has 3 nitrogen and oxygen atoms in total. The molecule has 1 aromatic rings. The van der Waals surface area contributed by atoms with Crippen LogP contribution in [0, 0.1) is 5.92 Å². The van der Waals surface area contributed by atoms with Crippen LogP contribution < -0.4 is 0 Å². The average Bonchev–Trinajstić information content (AvgIpc) is 3.05. The molecule has 2 aliphatic rings. The molecule has 0 N–H and O–H groups in total. The van der Waals surface area contributed by atoms with Crippen molar-refractivity contribution in [3.63, 3.8) is 0 Å². The molecule has 1 aromatic carbocycles. The minimum Gasteiger partial charge on any atom is -0.342 e. The number of piperidine rings is 1. The molecule has 2 atom stereocenters. The first-order chi connectivity index (χ1) is 10.3. The second kappa shape index (κ2) is 6.61. The summed E-state index contributed by atoms with van der Waals surface area (Å²) in [6.07, 6.45) is 4.67. The fraction of sp³-hybridized carbons (Fsp3) is 0.611. The van der Waals surface area contributed by atoms with Crippen LogP contribution in [-0.2, 0) is 4.79 Å². The lowest BCUT2D eigenvalue weighted by Gasteiger charge is -2.30. The van der Waals surface area contributed by atoms with Gasteiger partial charge in [-0.2, -0.15) is 0 Å². The van der Waals surface area contributed by atoms with Crippen LogP contribution in [0.2, 0.25) is 0 Å². The van der Waals surface area contributed by atoms with E-state index in [1.54, 1.807) is 0 Å². The molecule has 0 saturated carbocycles. The van der Waals surface area contributed by atoms with Gasteiger partial charge in [-0.25, -0.2) is 0 Å². The van der Waals surface area contributed by atoms with Gasteiger partial charge in [0.05, 0.1) is 5.92 Å². The van der Waals surface area contributed by atoms with Gasteiger partial charge in [0, 0.05) is 25.7 Å². The summed E-state index contributed by atoms with van der Waals surface area (Å²) < 4.78 is 0. The lowest BCUT2D eigenvalue weighted by molar-refractivity contribution is -0.136. The lowest BCUT2D eigenvalue weighted by atomic mass is 10.0. The van der Waals surface area contributed by atoms with Crippen molar-refractivity contribution in [2.75, 3.05) is 26.2 Å². The highest BCUT2D eigenvalue weighted by Crippen LogP contribution is 2.28. The number of hydrogen-bond donors (Lipinski definition) is 0. The van der Waals surface area contributed by atoms with Gasteiger partial charge in [-0.3, -0.25) is 9.69 Å². The van der Waals surface area contributed by atoms with Crippen molar-refractivity contribution in [1.29, 1.82) is 0 Å². The van der Waals surface area contributed by atoms with E-state index in [4.69, 9.17) is 0 Å². The van der Waals surface area contributed by atoms with Crippen LogP contribution in [0.1, 0.15) is 44.2 Å². The van der Waals surface area contributed by atoms with Crippen molar-refractivity contribution in [2.24, 2.45) is 5.92 Å². The molecule has 0 aromatic heterocycles. The number of carbonyl (C=O) groups excluding carboxylic acids is 1. The fourth-order valence-electron chi connectivity index (χ4n) is 3.66. The largest absolute Gasteiger partial charge is 0.342 e. The third kappa shape index (κ3) is 3.29. The molecule has 3 heteroatoms. The molecule has 2 saturated heterocycles. The van der Waals surface area contributed by atoms with Crippen LogP contribution in [0.25, 0.3) is 0 Å². The molecule has 2 unspecified atom stereocenters. The molecule has 0 aliphatic carbocycles. The molecule has 21 heavy (non-hydrogen) atoms. The Morgan fingerprint density at radius 2 is 1.81 bits per heavy atom. The van der Waals surface area contributed by atoms with E-state index in [9.17, 15) is 4.79 Å². The normalized spacial score (nSPS) is 25.0. The van der Waals surface area contributed by atoms with Gasteiger partial charge in [-0.1, -0.05) is 30.3 Å². The third-order valence-corrected chi connectivity index (χ3v) is 5.07. The van der Waals surface area contributed by atoms with Crippen molar-refractivity contribution >= 4 is 5.91 Å². The van der Waals surface area contributed by atoms with E-state index in [0.29, 0.717) is 11.9 Å². The quantitative estimate of drug-likeness (QED) is 0.852. The Morgan fingerprint density at radius 1 is 1.10 bits per heavy atom. The maximum absolute atomic E-state index is 12.6. The third-order valence-electron chi connectivity index (χ3n) is 5.07. The Hall–Kier alpha value is -1.35. The summed E-state index contributed by atoms with van der Waals surface area (Å²) in [7, 11) is 0. The van der Waals surface area contributed by atoms with Crippen LogP contribution in [0.15, 0.2) is 30.3 Å². The average molecular weight is 286 g/mol. The van der Waals surface area contributed by atoms with E-state index in [1.807, 2.05) is 0 Å². The van der Waals surface area contributed by atoms with E-state index < -0.39 is 0 Å². The first-order valence-electron chi connectivity index (χ1n) is 8.33. The molecule has 2 aliphatic heterocycles. The van der Waals surface area contributed by atoms with E-state index in [2.05, 4.69) is 47.1 Å². The second-order valence-electron chi connectivity index (χ2n) is 6.45. The number of rotatable bonds is 3. The summed E-state index contributed by atoms with van der Waals surface area (Å²) in [4.78, 5) is 17.2. The summed E-state index contributed by atoms with van der Waals surface area (Å²) in [5.41, 5.74) is 1.35. The highest BCUT2D eigenvalue weighted by molar-refractivity contribution is 5.79. The smallest absolute Gasteiger partial charge is 0.227 e. The Kier molecular flexibility index (Phi) is 4.59. The number of carbonyl (C=O) groups is 1. The van der Waals surface area contributed by atoms with Gasteiger partial charge in [0.15, 0.2) is 0 Å². The Balaban J connectivity index is 1.58. The van der Waals surface area contributed by atoms with E-state index in [0.717, 1.165) is 32.6 Å². The first kappa shape index (κ1) is 14.6. The highest BCUT2D eigenvalue weighted by atomic mass is 16.2. The van der Waals surface area contributed by atoms with Gasteiger partial charge in [-0.05, 0) is 44.7 Å². The van der Waals surface area contributed by atoms with Crippen LogP contribution in [0.4, 0.5) is 0 Å². The standard InChI is InChI=1S/C18H26N2O/c1-15(16-8-4-2-5-9-16)20-13-10-17(14-20)18(21)19-11-6-3-7-12-19/h2,4-5,8-9,15,17H,3,6-7,10-14H2,1H3.